The van der Waals surface area contributed by atoms with Crippen molar-refractivity contribution in [2.24, 2.45) is 5.92 Å². The molecular formula is C17H17ClF3N3O3S2. The Kier molecular flexibility index (Phi) is 6.23. The van der Waals surface area contributed by atoms with Crippen molar-refractivity contribution < 1.29 is 26.4 Å². The molecule has 0 aliphatic carbocycles. The lowest BCUT2D eigenvalue weighted by Gasteiger charge is -2.30. The number of amides is 1. The molecule has 12 heteroatoms. The van der Waals surface area contributed by atoms with Crippen LogP contribution in [0.1, 0.15) is 24.1 Å². The van der Waals surface area contributed by atoms with E-state index in [2.05, 4.69) is 10.3 Å². The van der Waals surface area contributed by atoms with Gasteiger partial charge in [0.15, 0.2) is 5.13 Å². The van der Waals surface area contributed by atoms with E-state index in [0.29, 0.717) is 11.2 Å². The van der Waals surface area contributed by atoms with Crippen LogP contribution in [0.2, 0.25) is 5.02 Å². The van der Waals surface area contributed by atoms with Crippen LogP contribution in [0.25, 0.3) is 0 Å². The lowest BCUT2D eigenvalue weighted by Crippen LogP contribution is -2.41. The van der Waals surface area contributed by atoms with Gasteiger partial charge in [-0.1, -0.05) is 11.6 Å². The zero-order chi connectivity index (χ0) is 21.4. The smallest absolute Gasteiger partial charge is 0.302 e. The van der Waals surface area contributed by atoms with Crippen LogP contribution >= 0.6 is 22.9 Å². The van der Waals surface area contributed by atoms with Crippen LogP contribution in [0, 0.1) is 12.8 Å². The van der Waals surface area contributed by atoms with Gasteiger partial charge in [0.25, 0.3) is 0 Å². The normalized spacial score (nSPS) is 16.7. The predicted molar refractivity (Wildman–Crippen MR) is 103 cm³/mol. The maximum Gasteiger partial charge on any atom is 0.417 e. The number of alkyl halides is 3. The van der Waals surface area contributed by atoms with Gasteiger partial charge in [-0.2, -0.15) is 17.5 Å². The van der Waals surface area contributed by atoms with E-state index in [-0.39, 0.29) is 31.8 Å². The van der Waals surface area contributed by atoms with E-state index in [1.54, 1.807) is 12.3 Å². The number of aryl methyl sites for hydroxylation is 1. The van der Waals surface area contributed by atoms with Crippen LogP contribution in [0.5, 0.6) is 0 Å². The summed E-state index contributed by atoms with van der Waals surface area (Å²) in [5.41, 5.74) is -0.416. The average molecular weight is 468 g/mol. The molecular weight excluding hydrogens is 451 g/mol. The van der Waals surface area contributed by atoms with Crippen LogP contribution in [0.3, 0.4) is 0 Å². The molecule has 6 nitrogen and oxygen atoms in total. The Labute approximate surface area is 174 Å². The van der Waals surface area contributed by atoms with E-state index in [9.17, 15) is 26.4 Å². The first-order chi connectivity index (χ1) is 13.5. The van der Waals surface area contributed by atoms with Crippen molar-refractivity contribution in [1.29, 1.82) is 0 Å². The highest BCUT2D eigenvalue weighted by Crippen LogP contribution is 2.36. The molecule has 0 atom stereocenters. The minimum absolute atomic E-state index is 0.0291. The largest absolute Gasteiger partial charge is 0.417 e. The third-order valence-electron chi connectivity index (χ3n) is 4.55. The lowest BCUT2D eigenvalue weighted by molar-refractivity contribution is -0.137. The molecule has 158 valence electrons. The molecule has 1 saturated heterocycles. The summed E-state index contributed by atoms with van der Waals surface area (Å²) in [4.78, 5) is 16.0. The van der Waals surface area contributed by atoms with Crippen molar-refractivity contribution in [2.45, 2.75) is 30.8 Å². The third-order valence-corrected chi connectivity index (χ3v) is 7.65. The molecule has 1 aromatic carbocycles. The van der Waals surface area contributed by atoms with Crippen LogP contribution in [-0.4, -0.2) is 36.7 Å². The number of piperidine rings is 1. The number of carbonyl (C=O) groups is 1. The molecule has 0 spiro atoms. The quantitative estimate of drug-likeness (QED) is 0.732. The van der Waals surface area contributed by atoms with E-state index in [1.807, 2.05) is 0 Å². The second-order valence-electron chi connectivity index (χ2n) is 6.60. The summed E-state index contributed by atoms with van der Waals surface area (Å²) in [6, 6.07) is 2.52. The van der Waals surface area contributed by atoms with E-state index in [0.717, 1.165) is 22.1 Å². The fourth-order valence-electron chi connectivity index (χ4n) is 3.01. The van der Waals surface area contributed by atoms with Gasteiger partial charge in [0.1, 0.15) is 0 Å². The first kappa shape index (κ1) is 22.0. The zero-order valence-electron chi connectivity index (χ0n) is 15.2. The van der Waals surface area contributed by atoms with Gasteiger partial charge in [-0.3, -0.25) is 4.79 Å². The first-order valence-corrected chi connectivity index (χ1v) is 11.3. The summed E-state index contributed by atoms with van der Waals surface area (Å²) < 4.78 is 65.7. The maximum absolute atomic E-state index is 13.0. The van der Waals surface area contributed by atoms with Gasteiger partial charge in [-0.05, 0) is 38.0 Å². The monoisotopic (exact) mass is 467 g/mol. The number of benzene rings is 1. The minimum atomic E-state index is -4.76. The summed E-state index contributed by atoms with van der Waals surface area (Å²) in [6.45, 7) is 1.86. The van der Waals surface area contributed by atoms with Crippen molar-refractivity contribution in [3.05, 3.63) is 39.9 Å². The van der Waals surface area contributed by atoms with Gasteiger partial charge in [-0.15, -0.1) is 11.3 Å². The van der Waals surface area contributed by atoms with Crippen LogP contribution in [0.15, 0.2) is 28.5 Å². The predicted octanol–water partition coefficient (Wildman–Crippen LogP) is 4.16. The van der Waals surface area contributed by atoms with Gasteiger partial charge in [0.2, 0.25) is 15.9 Å². The van der Waals surface area contributed by atoms with Crippen molar-refractivity contribution in [1.82, 2.24) is 9.29 Å². The van der Waals surface area contributed by atoms with E-state index < -0.39 is 37.6 Å². The third kappa shape index (κ3) is 4.90. The molecule has 1 amide bonds. The molecule has 1 aliphatic rings. The minimum Gasteiger partial charge on any atom is -0.302 e. The molecule has 3 rings (SSSR count). The molecule has 0 bridgehead atoms. The SMILES string of the molecule is Cc1csc(NC(=O)C2CCN(S(=O)(=O)c3ccc(Cl)c(C(F)(F)F)c3)CC2)n1. The van der Waals surface area contributed by atoms with Crippen molar-refractivity contribution >= 4 is 44.0 Å². The number of thiazole rings is 1. The fraction of sp³-hybridized carbons (Fsp3) is 0.412. The summed E-state index contributed by atoms with van der Waals surface area (Å²) in [7, 11) is -4.13. The molecule has 1 N–H and O–H groups in total. The van der Waals surface area contributed by atoms with Crippen LogP contribution in [-0.2, 0) is 21.0 Å². The standard InChI is InChI=1S/C17H17ClF3N3O3S2/c1-10-9-28-16(22-10)23-15(25)11-4-6-24(7-5-11)29(26,27)12-2-3-14(18)13(8-12)17(19,20)21/h2-3,8-9,11H,4-7H2,1H3,(H,22,23,25). The zero-order valence-corrected chi connectivity index (χ0v) is 17.6. The first-order valence-electron chi connectivity index (χ1n) is 8.58. The molecule has 0 radical (unpaired) electrons. The Bertz CT molecular complexity index is 1020. The van der Waals surface area contributed by atoms with Crippen LogP contribution in [0.4, 0.5) is 18.3 Å². The Hall–Kier alpha value is -1.69. The highest BCUT2D eigenvalue weighted by molar-refractivity contribution is 7.89. The number of nitrogens with one attached hydrogen (secondary N) is 1. The number of hydrogen-bond donors (Lipinski definition) is 1. The number of hydrogen-bond acceptors (Lipinski definition) is 5. The molecule has 1 aliphatic heterocycles. The summed E-state index contributed by atoms with van der Waals surface area (Å²) in [5, 5.41) is 4.42. The molecule has 0 unspecified atom stereocenters. The lowest BCUT2D eigenvalue weighted by atomic mass is 9.97. The van der Waals surface area contributed by atoms with E-state index in [4.69, 9.17) is 11.6 Å². The van der Waals surface area contributed by atoms with Gasteiger partial charge >= 0.3 is 6.18 Å². The number of carbonyl (C=O) groups excluding carboxylic acids is 1. The molecule has 29 heavy (non-hydrogen) atoms. The highest BCUT2D eigenvalue weighted by atomic mass is 35.5. The second kappa shape index (κ2) is 8.21. The Morgan fingerprint density at radius 1 is 1.31 bits per heavy atom. The Balaban J connectivity index is 1.69. The summed E-state index contributed by atoms with van der Waals surface area (Å²) in [5.74, 6) is -0.649. The van der Waals surface area contributed by atoms with Crippen molar-refractivity contribution in [3.63, 3.8) is 0 Å². The number of nitrogens with zero attached hydrogens (tertiary/aromatic N) is 2. The number of halogens is 4. The average Bonchev–Trinajstić information content (AvgIpc) is 3.05. The molecule has 2 heterocycles. The van der Waals surface area contributed by atoms with Crippen molar-refractivity contribution in [2.75, 3.05) is 18.4 Å². The molecule has 2 aromatic rings. The number of sulfonamides is 1. The fourth-order valence-corrected chi connectivity index (χ4v) is 5.42. The van der Waals surface area contributed by atoms with Crippen molar-refractivity contribution in [3.8, 4) is 0 Å². The maximum atomic E-state index is 13.0. The van der Waals surface area contributed by atoms with Gasteiger partial charge in [-0.25, -0.2) is 13.4 Å². The van der Waals surface area contributed by atoms with E-state index >= 15 is 0 Å². The molecule has 0 saturated carbocycles. The molecule has 1 fully saturated rings. The topological polar surface area (TPSA) is 79.4 Å². The van der Waals surface area contributed by atoms with Gasteiger partial charge in [0.05, 0.1) is 21.2 Å². The highest BCUT2D eigenvalue weighted by Gasteiger charge is 2.37. The molecule has 1 aromatic heterocycles. The Morgan fingerprint density at radius 3 is 2.52 bits per heavy atom. The van der Waals surface area contributed by atoms with Gasteiger partial charge in [0, 0.05) is 24.4 Å². The summed E-state index contributed by atoms with van der Waals surface area (Å²) >= 11 is 6.86. The van der Waals surface area contributed by atoms with Crippen LogP contribution < -0.4 is 5.32 Å². The number of aromatic nitrogens is 1. The summed E-state index contributed by atoms with van der Waals surface area (Å²) in [6.07, 6.45) is -4.24. The second-order valence-corrected chi connectivity index (χ2v) is 9.80. The Morgan fingerprint density at radius 2 is 1.97 bits per heavy atom. The number of anilines is 1. The number of rotatable bonds is 4. The van der Waals surface area contributed by atoms with E-state index in [1.165, 1.54) is 11.3 Å². The van der Waals surface area contributed by atoms with Gasteiger partial charge < -0.3 is 5.32 Å².